The number of methoxy groups -OCH3 is 1. The van der Waals surface area contributed by atoms with Crippen molar-refractivity contribution in [1.82, 2.24) is 4.90 Å². The lowest BCUT2D eigenvalue weighted by Crippen LogP contribution is -2.61. The summed E-state index contributed by atoms with van der Waals surface area (Å²) in [6.45, 7) is 5.68. The van der Waals surface area contributed by atoms with Crippen molar-refractivity contribution in [2.75, 3.05) is 20.2 Å². The highest BCUT2D eigenvalue weighted by molar-refractivity contribution is 9.10. The van der Waals surface area contributed by atoms with E-state index >= 15 is 0 Å². The molecule has 1 heterocycles. The topological polar surface area (TPSA) is 79.6 Å². The fraction of sp³-hybridized carbons (Fsp3) is 0.471. The van der Waals surface area contributed by atoms with E-state index in [4.69, 9.17) is 9.47 Å². The van der Waals surface area contributed by atoms with Gasteiger partial charge in [-0.2, -0.15) is 5.26 Å². The molecule has 1 aliphatic rings. The number of benzene rings is 1. The third kappa shape index (κ3) is 3.54. The van der Waals surface area contributed by atoms with Gasteiger partial charge in [0.05, 0.1) is 18.7 Å². The summed E-state index contributed by atoms with van der Waals surface area (Å²) in [5.41, 5.74) is -0.684. The predicted octanol–water partition coefficient (Wildman–Crippen LogP) is 3.25. The Bertz CT molecular complexity index is 712. The van der Waals surface area contributed by atoms with Crippen molar-refractivity contribution in [3.63, 3.8) is 0 Å². The normalized spacial score (nSPS) is 15.9. The Morgan fingerprint density at radius 1 is 1.33 bits per heavy atom. The molecule has 0 aromatic heterocycles. The number of halogens is 1. The molecule has 0 unspecified atom stereocenters. The lowest BCUT2D eigenvalue weighted by molar-refractivity contribution is -0.000586. The Kier molecular flexibility index (Phi) is 4.90. The van der Waals surface area contributed by atoms with Crippen LogP contribution in [-0.2, 0) is 14.9 Å². The van der Waals surface area contributed by atoms with Crippen molar-refractivity contribution in [3.8, 4) is 6.07 Å². The van der Waals surface area contributed by atoms with E-state index in [1.54, 1.807) is 39.0 Å². The Labute approximate surface area is 149 Å². The number of esters is 1. The van der Waals surface area contributed by atoms with E-state index in [1.165, 1.54) is 12.0 Å². The van der Waals surface area contributed by atoms with Gasteiger partial charge in [0.2, 0.25) is 0 Å². The smallest absolute Gasteiger partial charge is 0.410 e. The standard InChI is InChI=1S/C17H19BrN2O4/c1-16(2,3)24-15(22)20-9-17(8-19,10-20)13-7-11(18)5-6-12(13)14(21)23-4/h5-7H,9-10H2,1-4H3. The van der Waals surface area contributed by atoms with Gasteiger partial charge < -0.3 is 14.4 Å². The van der Waals surface area contributed by atoms with Crippen LogP contribution in [0.3, 0.4) is 0 Å². The first-order valence-corrected chi connectivity index (χ1v) is 8.19. The second-order valence-corrected chi connectivity index (χ2v) is 7.63. The quantitative estimate of drug-likeness (QED) is 0.719. The second kappa shape index (κ2) is 6.44. The first-order chi connectivity index (χ1) is 11.1. The molecule has 0 radical (unpaired) electrons. The minimum atomic E-state index is -0.954. The van der Waals surface area contributed by atoms with Gasteiger partial charge in [-0.3, -0.25) is 0 Å². The van der Waals surface area contributed by atoms with Crippen LogP contribution in [0.5, 0.6) is 0 Å². The highest BCUT2D eigenvalue weighted by Gasteiger charge is 2.50. The van der Waals surface area contributed by atoms with Gasteiger partial charge in [-0.15, -0.1) is 0 Å². The first-order valence-electron chi connectivity index (χ1n) is 7.39. The second-order valence-electron chi connectivity index (χ2n) is 6.71. The van der Waals surface area contributed by atoms with Crippen molar-refractivity contribution in [2.45, 2.75) is 31.8 Å². The zero-order valence-corrected chi connectivity index (χ0v) is 15.6. The summed E-state index contributed by atoms with van der Waals surface area (Å²) < 4.78 is 10.9. The number of carbonyl (C=O) groups is 2. The van der Waals surface area contributed by atoms with Gasteiger partial charge in [0, 0.05) is 17.6 Å². The summed E-state index contributed by atoms with van der Waals surface area (Å²) >= 11 is 3.36. The molecule has 1 aromatic carbocycles. The molecule has 6 nitrogen and oxygen atoms in total. The maximum atomic E-state index is 12.1. The highest BCUT2D eigenvalue weighted by atomic mass is 79.9. The number of carbonyl (C=O) groups excluding carboxylic acids is 2. The molecule has 128 valence electrons. The number of nitriles is 1. The third-order valence-electron chi connectivity index (χ3n) is 3.69. The van der Waals surface area contributed by atoms with Crippen molar-refractivity contribution in [1.29, 1.82) is 5.26 Å². The van der Waals surface area contributed by atoms with Gasteiger partial charge in [0.1, 0.15) is 11.0 Å². The molecule has 0 aliphatic carbocycles. The Morgan fingerprint density at radius 3 is 2.46 bits per heavy atom. The van der Waals surface area contributed by atoms with Crippen molar-refractivity contribution >= 4 is 28.0 Å². The molecule has 0 spiro atoms. The Hall–Kier alpha value is -2.07. The molecule has 0 N–H and O–H groups in total. The molecule has 24 heavy (non-hydrogen) atoms. The van der Waals surface area contributed by atoms with Crippen molar-refractivity contribution < 1.29 is 19.1 Å². The molecule has 2 rings (SSSR count). The van der Waals surface area contributed by atoms with E-state index in [9.17, 15) is 14.9 Å². The number of hydrogen-bond acceptors (Lipinski definition) is 5. The molecule has 7 heteroatoms. The summed E-state index contributed by atoms with van der Waals surface area (Å²) in [6, 6.07) is 7.30. The van der Waals surface area contributed by atoms with E-state index in [-0.39, 0.29) is 13.1 Å². The van der Waals surface area contributed by atoms with Crippen LogP contribution >= 0.6 is 15.9 Å². The summed E-state index contributed by atoms with van der Waals surface area (Å²) in [5.74, 6) is -0.511. The van der Waals surface area contributed by atoms with Gasteiger partial charge in [-0.1, -0.05) is 15.9 Å². The van der Waals surface area contributed by atoms with E-state index in [0.717, 1.165) is 4.47 Å². The average Bonchev–Trinajstić information content (AvgIpc) is 2.44. The SMILES string of the molecule is COC(=O)c1ccc(Br)cc1C1(C#N)CN(C(=O)OC(C)(C)C)C1. The maximum absolute atomic E-state index is 12.1. The molecule has 1 fully saturated rings. The molecule has 0 bridgehead atoms. The number of ether oxygens (including phenoxy) is 2. The third-order valence-corrected chi connectivity index (χ3v) is 4.18. The largest absolute Gasteiger partial charge is 0.465 e. The summed E-state index contributed by atoms with van der Waals surface area (Å²) in [7, 11) is 1.29. The van der Waals surface area contributed by atoms with Gasteiger partial charge >= 0.3 is 12.1 Å². The van der Waals surface area contributed by atoms with Crippen LogP contribution in [0, 0.1) is 11.3 Å². The summed E-state index contributed by atoms with van der Waals surface area (Å²) in [5, 5.41) is 9.70. The van der Waals surface area contributed by atoms with Gasteiger partial charge in [-0.25, -0.2) is 9.59 Å². The zero-order chi connectivity index (χ0) is 18.1. The fourth-order valence-corrected chi connectivity index (χ4v) is 2.92. The number of rotatable bonds is 2. The van der Waals surface area contributed by atoms with Gasteiger partial charge in [0.15, 0.2) is 0 Å². The van der Waals surface area contributed by atoms with Crippen molar-refractivity contribution in [3.05, 3.63) is 33.8 Å². The minimum Gasteiger partial charge on any atom is -0.465 e. The number of amides is 1. The molecule has 0 atom stereocenters. The van der Waals surface area contributed by atoms with Crippen LogP contribution in [0.1, 0.15) is 36.7 Å². The maximum Gasteiger partial charge on any atom is 0.410 e. The molecule has 1 saturated heterocycles. The lowest BCUT2D eigenvalue weighted by Gasteiger charge is -2.46. The molecule has 1 aliphatic heterocycles. The monoisotopic (exact) mass is 394 g/mol. The van der Waals surface area contributed by atoms with E-state index < -0.39 is 23.1 Å². The fourth-order valence-electron chi connectivity index (χ4n) is 2.56. The number of nitrogens with zero attached hydrogens (tertiary/aromatic N) is 2. The molecule has 1 amide bonds. The van der Waals surface area contributed by atoms with Crippen LogP contribution < -0.4 is 0 Å². The highest BCUT2D eigenvalue weighted by Crippen LogP contribution is 2.38. The number of likely N-dealkylation sites (tertiary alicyclic amines) is 1. The van der Waals surface area contributed by atoms with Crippen LogP contribution in [0.15, 0.2) is 22.7 Å². The molecule has 1 aromatic rings. The van der Waals surface area contributed by atoms with Crippen LogP contribution in [-0.4, -0.2) is 42.8 Å². The van der Waals surface area contributed by atoms with Crippen LogP contribution in [0.2, 0.25) is 0 Å². The van der Waals surface area contributed by atoms with E-state index in [1.807, 2.05) is 0 Å². The molecular formula is C17H19BrN2O4. The van der Waals surface area contributed by atoms with Crippen LogP contribution in [0.4, 0.5) is 4.79 Å². The Morgan fingerprint density at radius 2 is 1.96 bits per heavy atom. The van der Waals surface area contributed by atoms with E-state index in [2.05, 4.69) is 22.0 Å². The number of hydrogen-bond donors (Lipinski definition) is 0. The summed E-state index contributed by atoms with van der Waals surface area (Å²) in [4.78, 5) is 25.6. The zero-order valence-electron chi connectivity index (χ0n) is 14.1. The van der Waals surface area contributed by atoms with Crippen LogP contribution in [0.25, 0.3) is 0 Å². The van der Waals surface area contributed by atoms with E-state index in [0.29, 0.717) is 11.1 Å². The predicted molar refractivity (Wildman–Crippen MR) is 90.6 cm³/mol. The molecule has 0 saturated carbocycles. The lowest BCUT2D eigenvalue weighted by atomic mass is 9.73. The molecular weight excluding hydrogens is 376 g/mol. The Balaban J connectivity index is 2.29. The minimum absolute atomic E-state index is 0.166. The van der Waals surface area contributed by atoms with Crippen molar-refractivity contribution in [2.24, 2.45) is 0 Å². The van der Waals surface area contributed by atoms with Gasteiger partial charge in [0.25, 0.3) is 0 Å². The summed E-state index contributed by atoms with van der Waals surface area (Å²) in [6.07, 6.45) is -0.469. The first kappa shape index (κ1) is 18.3. The average molecular weight is 395 g/mol. The van der Waals surface area contributed by atoms with Gasteiger partial charge in [-0.05, 0) is 44.5 Å².